The molecule has 128 valence electrons. The van der Waals surface area contributed by atoms with Crippen molar-refractivity contribution in [3.05, 3.63) is 71.3 Å². The third-order valence-electron chi connectivity index (χ3n) is 4.93. The molecule has 1 aromatic carbocycles. The number of aromatic amines is 1. The second kappa shape index (κ2) is 5.77. The molecule has 0 saturated heterocycles. The van der Waals surface area contributed by atoms with E-state index in [9.17, 15) is 0 Å². The summed E-state index contributed by atoms with van der Waals surface area (Å²) in [6, 6.07) is 9.25. The van der Waals surface area contributed by atoms with Crippen LogP contribution in [0.5, 0.6) is 0 Å². The first-order chi connectivity index (χ1) is 12.0. The first kappa shape index (κ1) is 16.0. The van der Waals surface area contributed by atoms with Gasteiger partial charge in [-0.05, 0) is 23.5 Å². The molecule has 0 saturated carbocycles. The molecule has 2 aliphatic rings. The Balaban J connectivity index is 1.86. The number of nitrogens with zero attached hydrogens (tertiary/aromatic N) is 2. The van der Waals surface area contributed by atoms with Gasteiger partial charge < -0.3 is 5.73 Å². The molecule has 5 heteroatoms. The topological polar surface area (TPSA) is 67.6 Å². The van der Waals surface area contributed by atoms with Gasteiger partial charge in [-0.25, -0.2) is 9.37 Å². The third kappa shape index (κ3) is 2.30. The number of nitrogens with one attached hydrogen (secondary N) is 1. The maximum atomic E-state index is 16.2. The molecule has 2 unspecified atom stereocenters. The number of alkyl halides is 1. The van der Waals surface area contributed by atoms with Gasteiger partial charge in [0, 0.05) is 22.8 Å². The van der Waals surface area contributed by atoms with E-state index >= 15 is 4.39 Å². The summed E-state index contributed by atoms with van der Waals surface area (Å²) in [4.78, 5) is 4.23. The van der Waals surface area contributed by atoms with E-state index in [1.165, 1.54) is 6.33 Å². The highest BCUT2D eigenvalue weighted by Gasteiger charge is 2.57. The highest BCUT2D eigenvalue weighted by Crippen LogP contribution is 2.60. The molecule has 2 aliphatic carbocycles. The largest absolute Gasteiger partial charge is 0.324 e. The van der Waals surface area contributed by atoms with Gasteiger partial charge in [-0.1, -0.05) is 56.3 Å². The summed E-state index contributed by atoms with van der Waals surface area (Å²) in [7, 11) is 0. The van der Waals surface area contributed by atoms with Crippen LogP contribution < -0.4 is 5.73 Å². The Morgan fingerprint density at radius 2 is 1.96 bits per heavy atom. The lowest BCUT2D eigenvalue weighted by Gasteiger charge is -2.48. The van der Waals surface area contributed by atoms with E-state index in [2.05, 4.69) is 29.0 Å². The van der Waals surface area contributed by atoms with Gasteiger partial charge in [0.15, 0.2) is 11.5 Å². The molecular weight excluding hydrogens is 315 g/mol. The van der Waals surface area contributed by atoms with E-state index < -0.39 is 11.7 Å². The summed E-state index contributed by atoms with van der Waals surface area (Å²) in [6.45, 7) is 4.12. The van der Waals surface area contributed by atoms with Crippen molar-refractivity contribution >= 4 is 11.1 Å². The lowest BCUT2D eigenvalue weighted by atomic mass is 9.59. The molecule has 0 amide bonds. The Bertz CT molecular complexity index is 878. The molecule has 0 fully saturated rings. The molecular formula is C20H21FN4. The number of rotatable bonds is 5. The molecule has 1 heterocycles. The number of allylic oxidation sites excluding steroid dienone is 4. The van der Waals surface area contributed by atoms with E-state index in [0.717, 1.165) is 16.7 Å². The van der Waals surface area contributed by atoms with Crippen molar-refractivity contribution in [2.45, 2.75) is 32.0 Å². The van der Waals surface area contributed by atoms with E-state index in [1.54, 1.807) is 0 Å². The Morgan fingerprint density at radius 1 is 1.20 bits per heavy atom. The zero-order valence-corrected chi connectivity index (χ0v) is 14.3. The molecule has 2 aromatic rings. The highest BCUT2D eigenvalue weighted by molar-refractivity contribution is 6.07. The van der Waals surface area contributed by atoms with Gasteiger partial charge in [-0.2, -0.15) is 5.10 Å². The monoisotopic (exact) mass is 336 g/mol. The molecule has 4 nitrogen and oxygen atoms in total. The SMILES string of the molecule is CC(C)CC(N)C1(F)c2ccc(-c3ccccc3)c1c2-c1ncn[nH]1. The average Bonchev–Trinajstić information content (AvgIpc) is 3.14. The van der Waals surface area contributed by atoms with Gasteiger partial charge >= 0.3 is 0 Å². The first-order valence-electron chi connectivity index (χ1n) is 8.57. The van der Waals surface area contributed by atoms with E-state index in [1.807, 2.05) is 42.5 Å². The number of aromatic nitrogens is 3. The Kier molecular flexibility index (Phi) is 3.69. The van der Waals surface area contributed by atoms with Crippen molar-refractivity contribution in [3.63, 3.8) is 0 Å². The summed E-state index contributed by atoms with van der Waals surface area (Å²) >= 11 is 0. The van der Waals surface area contributed by atoms with Gasteiger partial charge in [0.1, 0.15) is 6.33 Å². The molecule has 4 rings (SSSR count). The Hall–Kier alpha value is -2.53. The minimum Gasteiger partial charge on any atom is -0.324 e. The van der Waals surface area contributed by atoms with Crippen molar-refractivity contribution in [2.75, 3.05) is 0 Å². The summed E-state index contributed by atoms with van der Waals surface area (Å²) in [5.41, 5.74) is 8.55. The molecule has 3 N–H and O–H groups in total. The summed E-state index contributed by atoms with van der Waals surface area (Å²) < 4.78 is 16.2. The van der Waals surface area contributed by atoms with Crippen molar-refractivity contribution in [1.29, 1.82) is 0 Å². The van der Waals surface area contributed by atoms with Crippen molar-refractivity contribution < 1.29 is 4.39 Å². The molecule has 2 atom stereocenters. The fourth-order valence-electron chi connectivity index (χ4n) is 3.84. The maximum absolute atomic E-state index is 16.2. The number of halogens is 1. The maximum Gasteiger partial charge on any atom is 0.178 e. The van der Waals surface area contributed by atoms with Crippen LogP contribution in [0.3, 0.4) is 0 Å². The Labute approximate surface area is 146 Å². The van der Waals surface area contributed by atoms with Crippen LogP contribution in [0.2, 0.25) is 0 Å². The van der Waals surface area contributed by atoms with Crippen LogP contribution in [0, 0.1) is 5.92 Å². The third-order valence-corrected chi connectivity index (χ3v) is 4.93. The molecule has 0 aliphatic heterocycles. The van der Waals surface area contributed by atoms with Gasteiger partial charge in [0.2, 0.25) is 0 Å². The van der Waals surface area contributed by atoms with E-state index in [4.69, 9.17) is 5.73 Å². The molecule has 0 radical (unpaired) electrons. The van der Waals surface area contributed by atoms with Crippen LogP contribution in [0.1, 0.15) is 31.7 Å². The molecule has 1 aromatic heterocycles. The minimum absolute atomic E-state index is 0.322. The number of benzene rings is 1. The predicted octanol–water partition coefficient (Wildman–Crippen LogP) is 3.68. The average molecular weight is 336 g/mol. The number of hydrogen-bond donors (Lipinski definition) is 2. The fourth-order valence-corrected chi connectivity index (χ4v) is 3.84. The number of nitrogens with two attached hydrogens (primary N) is 1. The minimum atomic E-state index is -1.65. The second-order valence-corrected chi connectivity index (χ2v) is 7.06. The zero-order chi connectivity index (χ0) is 17.6. The highest BCUT2D eigenvalue weighted by atomic mass is 19.1. The van der Waals surface area contributed by atoms with Crippen molar-refractivity contribution in [3.8, 4) is 0 Å². The van der Waals surface area contributed by atoms with Crippen LogP contribution in [0.4, 0.5) is 4.39 Å². The van der Waals surface area contributed by atoms with E-state index in [0.29, 0.717) is 29.3 Å². The van der Waals surface area contributed by atoms with Gasteiger partial charge in [-0.3, -0.25) is 5.10 Å². The number of fused-ring (bicyclic) bond motifs is 2. The Morgan fingerprint density at radius 3 is 2.60 bits per heavy atom. The van der Waals surface area contributed by atoms with Crippen LogP contribution in [-0.2, 0) is 0 Å². The number of hydrogen-bond acceptors (Lipinski definition) is 3. The van der Waals surface area contributed by atoms with Crippen molar-refractivity contribution in [1.82, 2.24) is 15.2 Å². The van der Waals surface area contributed by atoms with Gasteiger partial charge in [-0.15, -0.1) is 0 Å². The van der Waals surface area contributed by atoms with Crippen LogP contribution in [0.25, 0.3) is 11.1 Å². The fraction of sp³-hybridized carbons (Fsp3) is 0.300. The predicted molar refractivity (Wildman–Crippen MR) is 97.1 cm³/mol. The van der Waals surface area contributed by atoms with Crippen LogP contribution in [0.15, 0.2) is 60.0 Å². The number of H-pyrrole nitrogens is 1. The standard InChI is InChI=1S/C20H21FN4/c1-12(2)10-16(22)20(21)15-9-8-14(13-6-4-3-5-7-13)18(20)17(15)19-23-11-24-25-19/h3-9,11-12,16H,10,22H2,1-2H3,(H,23,24,25). The molecule has 0 spiro atoms. The molecule has 25 heavy (non-hydrogen) atoms. The summed E-state index contributed by atoms with van der Waals surface area (Å²) in [5.74, 6) is 0.913. The summed E-state index contributed by atoms with van der Waals surface area (Å²) in [6.07, 6.45) is 5.87. The quantitative estimate of drug-likeness (QED) is 0.875. The van der Waals surface area contributed by atoms with E-state index in [-0.39, 0.29) is 0 Å². The van der Waals surface area contributed by atoms with Gasteiger partial charge in [0.05, 0.1) is 0 Å². The van der Waals surface area contributed by atoms with Crippen LogP contribution in [-0.4, -0.2) is 26.9 Å². The van der Waals surface area contributed by atoms with Crippen molar-refractivity contribution in [2.24, 2.45) is 11.7 Å². The van der Waals surface area contributed by atoms with Crippen LogP contribution >= 0.6 is 0 Å². The normalized spacial score (nSPS) is 23.2. The second-order valence-electron chi connectivity index (χ2n) is 7.06. The zero-order valence-electron chi connectivity index (χ0n) is 14.3. The lowest BCUT2D eigenvalue weighted by molar-refractivity contribution is 0.194. The summed E-state index contributed by atoms with van der Waals surface area (Å²) in [5, 5.41) is 6.78. The molecule has 2 bridgehead atoms. The smallest absolute Gasteiger partial charge is 0.178 e. The van der Waals surface area contributed by atoms with Gasteiger partial charge in [0.25, 0.3) is 0 Å². The lowest BCUT2D eigenvalue weighted by Crippen LogP contribution is -2.54. The first-order valence-corrected chi connectivity index (χ1v) is 8.57.